The minimum Gasteiger partial charge on any atom is -0.464 e. The van der Waals surface area contributed by atoms with Gasteiger partial charge in [-0.05, 0) is 120 Å². The molecule has 2 aliphatic carbocycles. The van der Waals surface area contributed by atoms with Crippen molar-refractivity contribution >= 4 is 73.1 Å². The monoisotopic (exact) mass is 1090 g/mol. The average Bonchev–Trinajstić information content (AvgIpc) is 3.91. The van der Waals surface area contributed by atoms with Crippen molar-refractivity contribution in [1.29, 1.82) is 0 Å². The summed E-state index contributed by atoms with van der Waals surface area (Å²) < 4.78 is 14.6. The maximum absolute atomic E-state index is 13.0. The van der Waals surface area contributed by atoms with Gasteiger partial charge in [-0.3, -0.25) is 33.6 Å². The molecule has 8 rings (SSSR count). The van der Waals surface area contributed by atoms with Crippen LogP contribution in [0.15, 0.2) is 87.6 Å². The molecule has 0 bridgehead atoms. The Balaban J connectivity index is 0.000000196. The van der Waals surface area contributed by atoms with Crippen molar-refractivity contribution in [3.05, 3.63) is 121 Å². The Labute approximate surface area is 460 Å². The summed E-state index contributed by atoms with van der Waals surface area (Å²) in [5.41, 5.74) is 8.04. The van der Waals surface area contributed by atoms with E-state index in [-0.39, 0.29) is 85.2 Å². The Hall–Kier alpha value is -7.15. The summed E-state index contributed by atoms with van der Waals surface area (Å²) in [4.78, 5) is 85.7. The number of aromatic nitrogens is 3. The SMILES string of the molecule is CC(=O)OC[C@@H](C)n1ccc2c(N)c(C)ccc2c1=O.CC(=O)OC[C@@H](C)n1ccc2c(NC(=O)CC3(O)CCCCCC3)c(C)ccc2c1=O.Cc1ccc2c(=O)n([C@H](C)CO)ccc2c1NC(=O)CC1(O)CCCCCC1. The third-order valence-electron chi connectivity index (χ3n) is 15.3. The van der Waals surface area contributed by atoms with Crippen LogP contribution in [-0.4, -0.2) is 83.8 Å². The normalized spacial score (nSPS) is 16.1. The molecular weight excluding hydrogens is 1010 g/mol. The van der Waals surface area contributed by atoms with Gasteiger partial charge in [0.2, 0.25) is 11.8 Å². The van der Waals surface area contributed by atoms with Gasteiger partial charge >= 0.3 is 11.9 Å². The molecule has 0 aliphatic heterocycles. The van der Waals surface area contributed by atoms with Gasteiger partial charge in [0.1, 0.15) is 13.2 Å². The van der Waals surface area contributed by atoms with E-state index in [1.807, 2.05) is 45.9 Å². The molecule has 0 radical (unpaired) electrons. The third kappa shape index (κ3) is 15.6. The second-order valence-electron chi connectivity index (χ2n) is 21.8. The number of aryl methyl sites for hydroxylation is 3. The average molecular weight is 1090 g/mol. The standard InChI is InChI=1S/C24H32N2O5.C22H30N2O4.C15H18N2O3/c1-16-8-9-20-19(10-13-26(23(20)29)17(2)15-31-18(3)27)22(16)25-21(28)14-24(30)11-6-4-5-7-12-24;1-15-7-8-18-17(9-12-24(21(18)27)16(2)14-25)20(15)23-19(26)13-22(28)10-5-3-4-6-11-22;1-9-4-5-13-12(14(9)16)6-7-17(15(13)19)10(2)8-20-11(3)18/h8-10,13,17,30H,4-7,11-12,14-15H2,1-3H3,(H,25,28);7-9,12,16,25,28H,3-6,10-11,13-14H2,1-2H3,(H,23,26);4-7,10H,8,16H2,1-3H3/t17-;16-;10-/m111/s1. The Bertz CT molecular complexity index is 3340. The zero-order valence-corrected chi connectivity index (χ0v) is 47.1. The summed E-state index contributed by atoms with van der Waals surface area (Å²) in [5, 5.41) is 40.6. The summed E-state index contributed by atoms with van der Waals surface area (Å²) >= 11 is 0. The van der Waals surface area contributed by atoms with Crippen molar-refractivity contribution in [3.63, 3.8) is 0 Å². The summed E-state index contributed by atoms with van der Waals surface area (Å²) in [5.74, 6) is -1.22. The fraction of sp³-hybridized carbons (Fsp3) is 0.492. The van der Waals surface area contributed by atoms with Gasteiger partial charge in [-0.25, -0.2) is 0 Å². The maximum Gasteiger partial charge on any atom is 0.302 e. The summed E-state index contributed by atoms with van der Waals surface area (Å²) in [6, 6.07) is 15.3. The van der Waals surface area contributed by atoms with Crippen LogP contribution in [0.25, 0.3) is 32.3 Å². The summed E-state index contributed by atoms with van der Waals surface area (Å²) in [6.45, 7) is 13.9. The Morgan fingerprint density at radius 3 is 1.20 bits per heavy atom. The van der Waals surface area contributed by atoms with Crippen LogP contribution in [0.1, 0.15) is 159 Å². The number of aliphatic hydroxyl groups is 3. The van der Waals surface area contributed by atoms with Gasteiger partial charge in [0.15, 0.2) is 0 Å². The van der Waals surface area contributed by atoms with Crippen molar-refractivity contribution in [2.24, 2.45) is 0 Å². The van der Waals surface area contributed by atoms with E-state index in [0.717, 1.165) is 73.4 Å². The molecule has 426 valence electrons. The van der Waals surface area contributed by atoms with E-state index in [9.17, 15) is 48.9 Å². The minimum absolute atomic E-state index is 0.0549. The number of rotatable bonds is 14. The van der Waals surface area contributed by atoms with E-state index in [0.29, 0.717) is 69.7 Å². The molecule has 0 saturated heterocycles. The van der Waals surface area contributed by atoms with E-state index in [1.165, 1.54) is 23.0 Å². The lowest BCUT2D eigenvalue weighted by Crippen LogP contribution is -2.33. The number of nitrogens with zero attached hydrogens (tertiary/aromatic N) is 3. The molecule has 6 aromatic rings. The summed E-state index contributed by atoms with van der Waals surface area (Å²) in [6.07, 6.45) is 15.8. The molecule has 2 aliphatic rings. The van der Waals surface area contributed by atoms with E-state index in [1.54, 1.807) is 73.4 Å². The van der Waals surface area contributed by atoms with Gasteiger partial charge in [0, 0.05) is 70.4 Å². The molecule has 3 atom stereocenters. The second-order valence-corrected chi connectivity index (χ2v) is 21.8. The zero-order valence-electron chi connectivity index (χ0n) is 47.1. The highest BCUT2D eigenvalue weighted by Crippen LogP contribution is 2.34. The number of amides is 2. The maximum atomic E-state index is 13.0. The lowest BCUT2D eigenvalue weighted by Gasteiger charge is -2.26. The molecule has 7 N–H and O–H groups in total. The van der Waals surface area contributed by atoms with Crippen LogP contribution in [0.4, 0.5) is 17.1 Å². The number of nitrogens with two attached hydrogens (primary N) is 1. The number of carbonyl (C=O) groups excluding carboxylic acids is 4. The van der Waals surface area contributed by atoms with Crippen LogP contribution in [0.5, 0.6) is 0 Å². The smallest absolute Gasteiger partial charge is 0.302 e. The largest absolute Gasteiger partial charge is 0.464 e. The summed E-state index contributed by atoms with van der Waals surface area (Å²) in [7, 11) is 0. The van der Waals surface area contributed by atoms with Crippen molar-refractivity contribution < 1.29 is 44.0 Å². The number of carbonyl (C=O) groups is 4. The number of anilines is 3. The van der Waals surface area contributed by atoms with Crippen LogP contribution in [0, 0.1) is 20.8 Å². The van der Waals surface area contributed by atoms with Crippen LogP contribution in [0.3, 0.4) is 0 Å². The molecular formula is C61H80N6O12. The number of esters is 2. The number of pyridine rings is 3. The number of ether oxygens (including phenoxy) is 2. The molecule has 0 spiro atoms. The van der Waals surface area contributed by atoms with Crippen molar-refractivity contribution in [2.45, 2.75) is 175 Å². The van der Waals surface area contributed by atoms with Gasteiger partial charge in [-0.2, -0.15) is 0 Å². The predicted octanol–water partition coefficient (Wildman–Crippen LogP) is 9.14. The first-order valence-corrected chi connectivity index (χ1v) is 27.6. The molecule has 79 heavy (non-hydrogen) atoms. The zero-order chi connectivity index (χ0) is 57.8. The number of fused-ring (bicyclic) bond motifs is 3. The highest BCUT2D eigenvalue weighted by molar-refractivity contribution is 6.04. The lowest BCUT2D eigenvalue weighted by atomic mass is 9.90. The molecule has 3 heterocycles. The fourth-order valence-corrected chi connectivity index (χ4v) is 10.6. The first kappa shape index (κ1) is 61.1. The van der Waals surface area contributed by atoms with Gasteiger partial charge < -0.3 is 54.9 Å². The van der Waals surface area contributed by atoms with Gasteiger partial charge in [-0.15, -0.1) is 0 Å². The van der Waals surface area contributed by atoms with Crippen LogP contribution >= 0.6 is 0 Å². The van der Waals surface area contributed by atoms with E-state index in [4.69, 9.17) is 15.2 Å². The number of benzene rings is 3. The van der Waals surface area contributed by atoms with Crippen LogP contribution in [0.2, 0.25) is 0 Å². The topological polar surface area (TPSA) is 264 Å². The fourth-order valence-electron chi connectivity index (χ4n) is 10.6. The quantitative estimate of drug-likeness (QED) is 0.0338. The van der Waals surface area contributed by atoms with Crippen LogP contribution in [-0.2, 0) is 28.7 Å². The number of nitrogens with one attached hydrogen (secondary N) is 2. The molecule has 18 nitrogen and oxygen atoms in total. The minimum atomic E-state index is -0.960. The number of nitrogen functional groups attached to an aromatic ring is 1. The lowest BCUT2D eigenvalue weighted by molar-refractivity contribution is -0.142. The molecule has 2 saturated carbocycles. The van der Waals surface area contributed by atoms with Crippen molar-refractivity contribution in [3.8, 4) is 0 Å². The van der Waals surface area contributed by atoms with Crippen molar-refractivity contribution in [1.82, 2.24) is 13.7 Å². The number of hydrogen-bond donors (Lipinski definition) is 6. The van der Waals surface area contributed by atoms with Crippen molar-refractivity contribution in [2.75, 3.05) is 36.2 Å². The van der Waals surface area contributed by atoms with Gasteiger partial charge in [0.05, 0.1) is 60.2 Å². The number of hydrogen-bond acceptors (Lipinski definition) is 13. The molecule has 2 fully saturated rings. The van der Waals surface area contributed by atoms with E-state index in [2.05, 4.69) is 10.6 Å². The molecule has 3 aromatic carbocycles. The first-order valence-electron chi connectivity index (χ1n) is 27.6. The second kappa shape index (κ2) is 27.1. The number of aliphatic hydroxyl groups excluding tert-OH is 1. The Morgan fingerprint density at radius 2 is 0.848 bits per heavy atom. The molecule has 18 heteroatoms. The Kier molecular flexibility index (Phi) is 21.0. The van der Waals surface area contributed by atoms with E-state index >= 15 is 0 Å². The Morgan fingerprint density at radius 1 is 0.519 bits per heavy atom. The van der Waals surface area contributed by atoms with E-state index < -0.39 is 17.2 Å². The highest BCUT2D eigenvalue weighted by Gasteiger charge is 2.32. The molecule has 0 unspecified atom stereocenters. The highest BCUT2D eigenvalue weighted by atomic mass is 16.5. The molecule has 3 aromatic heterocycles. The van der Waals surface area contributed by atoms with Gasteiger partial charge in [-0.1, -0.05) is 69.6 Å². The van der Waals surface area contributed by atoms with Gasteiger partial charge in [0.25, 0.3) is 16.7 Å². The first-order chi connectivity index (χ1) is 37.5. The predicted molar refractivity (Wildman–Crippen MR) is 310 cm³/mol. The van der Waals surface area contributed by atoms with Crippen LogP contribution < -0.4 is 33.0 Å². The molecule has 2 amide bonds. The third-order valence-corrected chi connectivity index (χ3v) is 15.3.